The lowest BCUT2D eigenvalue weighted by molar-refractivity contribution is -0.136. The summed E-state index contributed by atoms with van der Waals surface area (Å²) in [7, 11) is 0. The van der Waals surface area contributed by atoms with E-state index in [-0.39, 0.29) is 23.6 Å². The Kier molecular flexibility index (Phi) is 7.62. The van der Waals surface area contributed by atoms with Crippen molar-refractivity contribution in [1.82, 2.24) is 10.7 Å². The first-order chi connectivity index (χ1) is 15.7. The number of nitrogens with zero attached hydrogens (tertiary/aromatic N) is 1. The second-order valence-electron chi connectivity index (χ2n) is 7.33. The van der Waals surface area contributed by atoms with Crippen molar-refractivity contribution in [3.63, 3.8) is 0 Å². The highest BCUT2D eigenvalue weighted by Gasteiger charge is 2.17. The number of nitrogens with one attached hydrogen (secondary N) is 2. The van der Waals surface area contributed by atoms with Crippen molar-refractivity contribution in [2.45, 2.75) is 27.2 Å². The van der Waals surface area contributed by atoms with Crippen molar-refractivity contribution in [3.05, 3.63) is 62.2 Å². The van der Waals surface area contributed by atoms with E-state index in [1.165, 1.54) is 29.0 Å². The van der Waals surface area contributed by atoms with Crippen LogP contribution in [0.5, 0.6) is 5.75 Å². The molecule has 0 aliphatic heterocycles. The van der Waals surface area contributed by atoms with Gasteiger partial charge in [0.05, 0.1) is 32.3 Å². The summed E-state index contributed by atoms with van der Waals surface area (Å²) in [4.78, 5) is 36.3. The Morgan fingerprint density at radius 3 is 2.39 bits per heavy atom. The number of aryl methyl sites for hydroxylation is 2. The Morgan fingerprint density at radius 1 is 1.03 bits per heavy atom. The fourth-order valence-corrected chi connectivity index (χ4v) is 4.71. The molecular formula is C23H23N3O5S2. The van der Waals surface area contributed by atoms with Crippen LogP contribution in [0.3, 0.4) is 0 Å². The van der Waals surface area contributed by atoms with Gasteiger partial charge in [0.1, 0.15) is 5.75 Å². The molecule has 0 bridgehead atoms. The Balaban J connectivity index is 1.67. The van der Waals surface area contributed by atoms with Gasteiger partial charge in [0.15, 0.2) is 0 Å². The van der Waals surface area contributed by atoms with Crippen LogP contribution in [-0.4, -0.2) is 40.3 Å². The molecule has 3 aromatic rings. The number of hydrazone groups is 1. The van der Waals surface area contributed by atoms with E-state index in [0.29, 0.717) is 16.2 Å². The van der Waals surface area contributed by atoms with Crippen LogP contribution in [0.2, 0.25) is 0 Å². The quantitative estimate of drug-likeness (QED) is 0.281. The van der Waals surface area contributed by atoms with Crippen LogP contribution in [0.1, 0.15) is 49.4 Å². The van der Waals surface area contributed by atoms with Gasteiger partial charge in [-0.3, -0.25) is 14.4 Å². The standard InChI is InChI=1S/C23H23N3O5S2/c1-12-4-5-15(10-13(12)2)21-20(29)16(11-32-21)14(3)25-26-23(31)18-7-6-17(33-18)22(30)24-9-8-19(27)28/h4-7,10-11,29H,8-9H2,1-3H3,(H,24,30)(H,26,31)(H,27,28). The van der Waals surface area contributed by atoms with Crippen LogP contribution in [0, 0.1) is 13.8 Å². The molecule has 0 saturated carbocycles. The van der Waals surface area contributed by atoms with Crippen LogP contribution < -0.4 is 10.7 Å². The number of hydrogen-bond acceptors (Lipinski definition) is 7. The SMILES string of the molecule is CC(=NNC(=O)c1ccc(C(=O)NCCC(=O)O)s1)c1csc(-c2ccc(C)c(C)c2)c1O. The molecule has 0 saturated heterocycles. The molecule has 0 aliphatic rings. The van der Waals surface area contributed by atoms with Crippen molar-refractivity contribution < 1.29 is 24.6 Å². The first kappa shape index (κ1) is 24.1. The zero-order valence-corrected chi connectivity index (χ0v) is 19.9. The molecule has 0 fully saturated rings. The van der Waals surface area contributed by atoms with Gasteiger partial charge >= 0.3 is 5.97 Å². The van der Waals surface area contributed by atoms with Gasteiger partial charge in [-0.05, 0) is 49.6 Å². The lowest BCUT2D eigenvalue weighted by atomic mass is 10.0. The average molecular weight is 486 g/mol. The predicted molar refractivity (Wildman–Crippen MR) is 129 cm³/mol. The Morgan fingerprint density at radius 2 is 1.73 bits per heavy atom. The minimum absolute atomic E-state index is 0.00532. The molecule has 0 radical (unpaired) electrons. The first-order valence-corrected chi connectivity index (χ1v) is 11.7. The lowest BCUT2D eigenvalue weighted by Crippen LogP contribution is -2.25. The van der Waals surface area contributed by atoms with Gasteiger partial charge in [-0.2, -0.15) is 5.10 Å². The van der Waals surface area contributed by atoms with Crippen molar-refractivity contribution in [2.24, 2.45) is 5.10 Å². The molecule has 3 rings (SSSR count). The smallest absolute Gasteiger partial charge is 0.305 e. The van der Waals surface area contributed by atoms with Gasteiger partial charge in [-0.1, -0.05) is 18.2 Å². The third-order valence-corrected chi connectivity index (χ3v) is 7.03. The fourth-order valence-electron chi connectivity index (χ4n) is 2.90. The maximum atomic E-state index is 12.4. The van der Waals surface area contributed by atoms with Crippen molar-refractivity contribution in [2.75, 3.05) is 6.54 Å². The number of thiophene rings is 2. The second-order valence-corrected chi connectivity index (χ2v) is 9.29. The molecular weight excluding hydrogens is 462 g/mol. The van der Waals surface area contributed by atoms with E-state index in [1.54, 1.807) is 12.3 Å². The number of benzene rings is 1. The highest BCUT2D eigenvalue weighted by molar-refractivity contribution is 7.16. The predicted octanol–water partition coefficient (Wildman–Crippen LogP) is 4.16. The van der Waals surface area contributed by atoms with Gasteiger partial charge in [0, 0.05) is 11.9 Å². The molecule has 33 heavy (non-hydrogen) atoms. The van der Waals surface area contributed by atoms with Crippen LogP contribution in [-0.2, 0) is 4.79 Å². The van der Waals surface area contributed by atoms with E-state index >= 15 is 0 Å². The number of carbonyl (C=O) groups is 3. The van der Waals surface area contributed by atoms with Gasteiger partial charge < -0.3 is 15.5 Å². The number of aromatic hydroxyl groups is 1. The maximum absolute atomic E-state index is 12.4. The monoisotopic (exact) mass is 485 g/mol. The third kappa shape index (κ3) is 5.85. The van der Waals surface area contributed by atoms with Crippen LogP contribution in [0.4, 0.5) is 0 Å². The number of carbonyl (C=O) groups excluding carboxylic acids is 2. The van der Waals surface area contributed by atoms with Crippen LogP contribution >= 0.6 is 22.7 Å². The molecule has 2 amide bonds. The van der Waals surface area contributed by atoms with E-state index in [9.17, 15) is 19.5 Å². The van der Waals surface area contributed by atoms with Crippen LogP contribution in [0.25, 0.3) is 10.4 Å². The number of carboxylic acid groups (broad SMARTS) is 1. The van der Waals surface area contributed by atoms with E-state index in [0.717, 1.165) is 27.3 Å². The highest BCUT2D eigenvalue weighted by Crippen LogP contribution is 2.39. The highest BCUT2D eigenvalue weighted by atomic mass is 32.1. The van der Waals surface area contributed by atoms with Crippen LogP contribution in [0.15, 0.2) is 40.8 Å². The number of aliphatic carboxylic acids is 1. The molecule has 1 aromatic carbocycles. The van der Waals surface area contributed by atoms with Gasteiger partial charge in [-0.15, -0.1) is 22.7 Å². The third-order valence-electron chi connectivity index (χ3n) is 4.93. The molecule has 8 nitrogen and oxygen atoms in total. The molecule has 0 unspecified atom stereocenters. The number of amides is 2. The molecule has 2 aromatic heterocycles. The summed E-state index contributed by atoms with van der Waals surface area (Å²) in [6, 6.07) is 8.97. The number of hydrogen-bond donors (Lipinski definition) is 4. The largest absolute Gasteiger partial charge is 0.506 e. The Bertz CT molecular complexity index is 1240. The molecule has 4 N–H and O–H groups in total. The average Bonchev–Trinajstić information content (AvgIpc) is 3.41. The van der Waals surface area contributed by atoms with Crippen molar-refractivity contribution in [1.29, 1.82) is 0 Å². The van der Waals surface area contributed by atoms with Gasteiger partial charge in [0.25, 0.3) is 11.8 Å². The molecule has 172 valence electrons. The van der Waals surface area contributed by atoms with Gasteiger partial charge in [0.2, 0.25) is 0 Å². The zero-order chi connectivity index (χ0) is 24.1. The molecule has 10 heteroatoms. The summed E-state index contributed by atoms with van der Waals surface area (Å²) in [6.45, 7) is 5.73. The topological polar surface area (TPSA) is 128 Å². The molecule has 0 aliphatic carbocycles. The van der Waals surface area contributed by atoms with Gasteiger partial charge in [-0.25, -0.2) is 5.43 Å². The summed E-state index contributed by atoms with van der Waals surface area (Å²) in [5.74, 6) is -1.84. The second kappa shape index (κ2) is 10.4. The van der Waals surface area contributed by atoms with E-state index in [4.69, 9.17) is 5.11 Å². The summed E-state index contributed by atoms with van der Waals surface area (Å²) >= 11 is 2.37. The summed E-state index contributed by atoms with van der Waals surface area (Å²) in [5.41, 5.74) is 6.62. The van der Waals surface area contributed by atoms with E-state index < -0.39 is 17.8 Å². The fraction of sp³-hybridized carbons (Fsp3) is 0.217. The van der Waals surface area contributed by atoms with E-state index in [1.807, 2.05) is 32.0 Å². The zero-order valence-electron chi connectivity index (χ0n) is 18.3. The molecule has 0 atom stereocenters. The summed E-state index contributed by atoms with van der Waals surface area (Å²) in [6.07, 6.45) is -0.181. The number of carboxylic acids is 1. The lowest BCUT2D eigenvalue weighted by Gasteiger charge is -2.05. The normalized spacial score (nSPS) is 11.3. The molecule has 2 heterocycles. The first-order valence-electron chi connectivity index (χ1n) is 10.00. The van der Waals surface area contributed by atoms with E-state index in [2.05, 4.69) is 15.8 Å². The molecule has 0 spiro atoms. The number of rotatable bonds is 8. The Labute approximate surface area is 198 Å². The maximum Gasteiger partial charge on any atom is 0.305 e. The minimum Gasteiger partial charge on any atom is -0.506 e. The summed E-state index contributed by atoms with van der Waals surface area (Å²) in [5, 5.41) is 27.7. The Hall–Kier alpha value is -3.50. The van der Waals surface area contributed by atoms with Crippen molar-refractivity contribution >= 4 is 46.2 Å². The minimum atomic E-state index is -1.01. The van der Waals surface area contributed by atoms with Crippen molar-refractivity contribution in [3.8, 4) is 16.2 Å². The summed E-state index contributed by atoms with van der Waals surface area (Å²) < 4.78 is 0.